The van der Waals surface area contributed by atoms with E-state index in [1.807, 2.05) is 49.4 Å². The predicted octanol–water partition coefficient (Wildman–Crippen LogP) is 3.87. The van der Waals surface area contributed by atoms with E-state index in [9.17, 15) is 4.79 Å². The van der Waals surface area contributed by atoms with Gasteiger partial charge in [-0.15, -0.1) is 0 Å². The molecule has 2 aromatic carbocycles. The fourth-order valence-corrected chi connectivity index (χ4v) is 2.35. The molecule has 1 unspecified atom stereocenters. The first-order valence-corrected chi connectivity index (χ1v) is 6.82. The van der Waals surface area contributed by atoms with Crippen molar-refractivity contribution in [3.8, 4) is 0 Å². The zero-order valence-electron chi connectivity index (χ0n) is 11.5. The van der Waals surface area contributed by atoms with Crippen LogP contribution in [0.2, 0.25) is 5.02 Å². The lowest BCUT2D eigenvalue weighted by Gasteiger charge is -2.17. The lowest BCUT2D eigenvalue weighted by atomic mass is 10.1. The molecule has 2 rings (SSSR count). The summed E-state index contributed by atoms with van der Waals surface area (Å²) >= 11 is 6.19. The van der Waals surface area contributed by atoms with Gasteiger partial charge in [0.05, 0.1) is 0 Å². The molecular formula is C16H17ClN2O. The number of hydrogen-bond donors (Lipinski definition) is 2. The molecule has 0 fully saturated rings. The fraction of sp³-hybridized carbons (Fsp3) is 0.188. The summed E-state index contributed by atoms with van der Waals surface area (Å²) < 4.78 is 0. The van der Waals surface area contributed by atoms with Crippen molar-refractivity contribution in [3.05, 3.63) is 64.7 Å². The molecule has 0 aliphatic rings. The van der Waals surface area contributed by atoms with Crippen molar-refractivity contribution in [1.29, 1.82) is 0 Å². The number of hydrogen-bond acceptors (Lipinski definition) is 2. The van der Waals surface area contributed by atoms with Gasteiger partial charge in [-0.1, -0.05) is 35.9 Å². The van der Waals surface area contributed by atoms with Crippen molar-refractivity contribution in [2.75, 3.05) is 12.4 Å². The molecule has 3 nitrogen and oxygen atoms in total. The Hall–Kier alpha value is -2.00. The van der Waals surface area contributed by atoms with Gasteiger partial charge in [0, 0.05) is 29.4 Å². The third-order valence-corrected chi connectivity index (χ3v) is 3.45. The molecule has 2 N–H and O–H groups in total. The number of nitrogens with one attached hydrogen (secondary N) is 2. The maximum atomic E-state index is 11.6. The molecule has 0 aliphatic carbocycles. The number of halogens is 1. The maximum Gasteiger partial charge on any atom is 0.251 e. The summed E-state index contributed by atoms with van der Waals surface area (Å²) in [6.45, 7) is 2.04. The van der Waals surface area contributed by atoms with Gasteiger partial charge in [-0.05, 0) is 36.8 Å². The number of amides is 1. The van der Waals surface area contributed by atoms with Gasteiger partial charge < -0.3 is 10.6 Å². The van der Waals surface area contributed by atoms with Crippen LogP contribution in [0.15, 0.2) is 48.5 Å². The molecule has 20 heavy (non-hydrogen) atoms. The number of benzene rings is 2. The maximum absolute atomic E-state index is 11.6. The van der Waals surface area contributed by atoms with Crippen molar-refractivity contribution in [2.24, 2.45) is 0 Å². The van der Waals surface area contributed by atoms with Crippen molar-refractivity contribution < 1.29 is 4.79 Å². The van der Waals surface area contributed by atoms with E-state index in [1.54, 1.807) is 13.1 Å². The van der Waals surface area contributed by atoms with Crippen LogP contribution in [0.4, 0.5) is 5.69 Å². The summed E-state index contributed by atoms with van der Waals surface area (Å²) in [5.41, 5.74) is 2.54. The number of carbonyl (C=O) groups is 1. The molecule has 0 saturated carbocycles. The van der Waals surface area contributed by atoms with Crippen LogP contribution < -0.4 is 10.6 Å². The van der Waals surface area contributed by atoms with Crippen LogP contribution in [0.1, 0.15) is 28.9 Å². The first kappa shape index (κ1) is 14.4. The van der Waals surface area contributed by atoms with Crippen molar-refractivity contribution in [3.63, 3.8) is 0 Å². The van der Waals surface area contributed by atoms with Crippen LogP contribution in [0, 0.1) is 0 Å². The molecule has 0 aromatic heterocycles. The number of anilines is 1. The Bertz CT molecular complexity index is 613. The van der Waals surface area contributed by atoms with E-state index in [1.165, 1.54) is 0 Å². The van der Waals surface area contributed by atoms with E-state index in [2.05, 4.69) is 10.6 Å². The predicted molar refractivity (Wildman–Crippen MR) is 83.3 cm³/mol. The van der Waals surface area contributed by atoms with Crippen molar-refractivity contribution >= 4 is 23.2 Å². The minimum Gasteiger partial charge on any atom is -0.378 e. The van der Waals surface area contributed by atoms with Gasteiger partial charge in [-0.25, -0.2) is 0 Å². The van der Waals surface area contributed by atoms with Gasteiger partial charge in [0.2, 0.25) is 0 Å². The quantitative estimate of drug-likeness (QED) is 0.896. The fourth-order valence-electron chi connectivity index (χ4n) is 2.05. The lowest BCUT2D eigenvalue weighted by Crippen LogP contribution is -2.18. The minimum atomic E-state index is -0.0981. The molecular weight excluding hydrogens is 272 g/mol. The monoisotopic (exact) mass is 288 g/mol. The summed E-state index contributed by atoms with van der Waals surface area (Å²) in [6, 6.07) is 15.2. The molecule has 2 aromatic rings. The van der Waals surface area contributed by atoms with E-state index in [-0.39, 0.29) is 11.9 Å². The number of rotatable bonds is 4. The van der Waals surface area contributed by atoms with Crippen LogP contribution in [0.3, 0.4) is 0 Å². The zero-order chi connectivity index (χ0) is 14.5. The Kier molecular flexibility index (Phi) is 4.64. The molecule has 0 bridgehead atoms. The van der Waals surface area contributed by atoms with E-state index < -0.39 is 0 Å². The third-order valence-electron chi connectivity index (χ3n) is 3.11. The van der Waals surface area contributed by atoms with E-state index in [0.29, 0.717) is 5.56 Å². The first-order valence-electron chi connectivity index (χ1n) is 6.45. The van der Waals surface area contributed by atoms with Crippen LogP contribution in [-0.2, 0) is 0 Å². The highest BCUT2D eigenvalue weighted by Gasteiger charge is 2.10. The van der Waals surface area contributed by atoms with E-state index in [0.717, 1.165) is 16.3 Å². The van der Waals surface area contributed by atoms with Crippen LogP contribution >= 0.6 is 11.6 Å². The molecule has 104 valence electrons. The van der Waals surface area contributed by atoms with Crippen LogP contribution in [-0.4, -0.2) is 13.0 Å². The highest BCUT2D eigenvalue weighted by Crippen LogP contribution is 2.25. The van der Waals surface area contributed by atoms with Gasteiger partial charge in [-0.2, -0.15) is 0 Å². The van der Waals surface area contributed by atoms with E-state index >= 15 is 0 Å². The van der Waals surface area contributed by atoms with Gasteiger partial charge >= 0.3 is 0 Å². The average molecular weight is 289 g/mol. The molecule has 0 spiro atoms. The van der Waals surface area contributed by atoms with Gasteiger partial charge in [-0.3, -0.25) is 4.79 Å². The first-order chi connectivity index (χ1) is 9.61. The normalized spacial score (nSPS) is 11.8. The average Bonchev–Trinajstić information content (AvgIpc) is 2.47. The Balaban J connectivity index is 2.18. The summed E-state index contributed by atoms with van der Waals surface area (Å²) in [6.07, 6.45) is 0. The molecule has 0 radical (unpaired) electrons. The van der Waals surface area contributed by atoms with Crippen molar-refractivity contribution in [1.82, 2.24) is 5.32 Å². The van der Waals surface area contributed by atoms with Crippen molar-refractivity contribution in [2.45, 2.75) is 13.0 Å². The van der Waals surface area contributed by atoms with Gasteiger partial charge in [0.25, 0.3) is 5.91 Å². The minimum absolute atomic E-state index is 0.0589. The Morgan fingerprint density at radius 1 is 1.15 bits per heavy atom. The summed E-state index contributed by atoms with van der Waals surface area (Å²) in [4.78, 5) is 11.6. The largest absolute Gasteiger partial charge is 0.378 e. The standard InChI is InChI=1S/C16H17ClN2O/c1-11(14-8-3-4-9-15(14)17)19-13-7-5-6-12(10-13)16(20)18-2/h3-11,19H,1-2H3,(H,18,20). The highest BCUT2D eigenvalue weighted by molar-refractivity contribution is 6.31. The SMILES string of the molecule is CNC(=O)c1cccc(NC(C)c2ccccc2Cl)c1. The van der Waals surface area contributed by atoms with Crippen LogP contribution in [0.5, 0.6) is 0 Å². The second-order valence-electron chi connectivity index (χ2n) is 4.55. The topological polar surface area (TPSA) is 41.1 Å². The van der Waals surface area contributed by atoms with Crippen LogP contribution in [0.25, 0.3) is 0 Å². The van der Waals surface area contributed by atoms with Gasteiger partial charge in [0.15, 0.2) is 0 Å². The number of carbonyl (C=O) groups excluding carboxylic acids is 1. The second-order valence-corrected chi connectivity index (χ2v) is 4.95. The lowest BCUT2D eigenvalue weighted by molar-refractivity contribution is 0.0963. The summed E-state index contributed by atoms with van der Waals surface area (Å²) in [5, 5.41) is 6.70. The smallest absolute Gasteiger partial charge is 0.251 e. The third kappa shape index (κ3) is 3.31. The summed E-state index contributed by atoms with van der Waals surface area (Å²) in [7, 11) is 1.62. The molecule has 1 atom stereocenters. The summed E-state index contributed by atoms with van der Waals surface area (Å²) in [5.74, 6) is -0.0981. The highest BCUT2D eigenvalue weighted by atomic mass is 35.5. The molecule has 1 amide bonds. The molecule has 0 aliphatic heterocycles. The molecule has 0 heterocycles. The zero-order valence-corrected chi connectivity index (χ0v) is 12.2. The Labute approximate surface area is 124 Å². The second kappa shape index (κ2) is 6.44. The Morgan fingerprint density at radius 3 is 2.60 bits per heavy atom. The van der Waals surface area contributed by atoms with Gasteiger partial charge in [0.1, 0.15) is 0 Å². The molecule has 0 saturated heterocycles. The molecule has 4 heteroatoms. The Morgan fingerprint density at radius 2 is 1.90 bits per heavy atom. The van der Waals surface area contributed by atoms with E-state index in [4.69, 9.17) is 11.6 Å².